The third kappa shape index (κ3) is 5.81. The lowest BCUT2D eigenvalue weighted by Gasteiger charge is -2.11. The van der Waals surface area contributed by atoms with Gasteiger partial charge in [-0.05, 0) is 30.9 Å². The second-order valence-corrected chi connectivity index (χ2v) is 5.14. The molecule has 0 aliphatic heterocycles. The highest BCUT2D eigenvalue weighted by Gasteiger charge is 2.14. The van der Waals surface area contributed by atoms with Gasteiger partial charge in [0, 0.05) is 6.92 Å². The molecule has 0 saturated carbocycles. The molecule has 0 aliphatic rings. The minimum absolute atomic E-state index is 0.224. The van der Waals surface area contributed by atoms with Crippen LogP contribution in [0.5, 0.6) is 5.75 Å². The normalized spacial score (nSPS) is 10.3. The van der Waals surface area contributed by atoms with Gasteiger partial charge in [0.25, 0.3) is 0 Å². The van der Waals surface area contributed by atoms with Crippen molar-refractivity contribution >= 4 is 11.9 Å². The molecule has 0 saturated heterocycles. The Morgan fingerprint density at radius 2 is 1.90 bits per heavy atom. The molecular formula is C17H22O4. The minimum Gasteiger partial charge on any atom is -0.462 e. The molecule has 0 radical (unpaired) electrons. The van der Waals surface area contributed by atoms with Crippen LogP contribution in [-0.4, -0.2) is 18.5 Å². The van der Waals surface area contributed by atoms with E-state index in [1.165, 1.54) is 6.92 Å². The monoisotopic (exact) mass is 290 g/mol. The third-order valence-corrected chi connectivity index (χ3v) is 3.05. The molecule has 0 fully saturated rings. The molecule has 114 valence electrons. The molecule has 0 aromatic heterocycles. The van der Waals surface area contributed by atoms with E-state index in [2.05, 4.69) is 20.4 Å². The summed E-state index contributed by atoms with van der Waals surface area (Å²) in [6.45, 7) is 9.76. The summed E-state index contributed by atoms with van der Waals surface area (Å²) in [5.41, 5.74) is 1.40. The van der Waals surface area contributed by atoms with Crippen LogP contribution in [0.15, 0.2) is 36.4 Å². The van der Waals surface area contributed by atoms with Gasteiger partial charge in [0.2, 0.25) is 0 Å². The topological polar surface area (TPSA) is 52.6 Å². The smallest absolute Gasteiger partial charge is 0.341 e. The lowest BCUT2D eigenvalue weighted by atomic mass is 10.0. The zero-order valence-electron chi connectivity index (χ0n) is 12.8. The van der Waals surface area contributed by atoms with Crippen LogP contribution in [-0.2, 0) is 9.53 Å². The van der Waals surface area contributed by atoms with Crippen molar-refractivity contribution in [3.05, 3.63) is 42.0 Å². The van der Waals surface area contributed by atoms with Crippen molar-refractivity contribution in [3.8, 4) is 5.75 Å². The fourth-order valence-corrected chi connectivity index (χ4v) is 1.71. The van der Waals surface area contributed by atoms with Crippen molar-refractivity contribution in [2.75, 3.05) is 6.61 Å². The number of rotatable bonds is 7. The van der Waals surface area contributed by atoms with E-state index in [0.717, 1.165) is 18.4 Å². The molecule has 0 aliphatic carbocycles. The molecule has 4 nitrogen and oxygen atoms in total. The summed E-state index contributed by atoms with van der Waals surface area (Å²) in [7, 11) is 0. The largest absolute Gasteiger partial charge is 0.462 e. The molecule has 0 spiro atoms. The van der Waals surface area contributed by atoms with E-state index < -0.39 is 11.9 Å². The number of esters is 2. The quantitative estimate of drug-likeness (QED) is 0.332. The fraction of sp³-hybridized carbons (Fsp3) is 0.412. The molecule has 1 aromatic rings. The average molecular weight is 290 g/mol. The molecule has 1 rings (SSSR count). The minimum atomic E-state index is -0.484. The van der Waals surface area contributed by atoms with E-state index in [0.29, 0.717) is 12.5 Å². The Labute approximate surface area is 125 Å². The van der Waals surface area contributed by atoms with E-state index in [4.69, 9.17) is 9.47 Å². The van der Waals surface area contributed by atoms with Gasteiger partial charge in [-0.25, -0.2) is 4.79 Å². The Morgan fingerprint density at radius 3 is 2.52 bits per heavy atom. The van der Waals surface area contributed by atoms with Gasteiger partial charge in [0.05, 0.1) is 6.61 Å². The maximum atomic E-state index is 12.0. The summed E-state index contributed by atoms with van der Waals surface area (Å²) in [6, 6.07) is 6.54. The highest BCUT2D eigenvalue weighted by atomic mass is 16.5. The number of hydrogen-bond acceptors (Lipinski definition) is 4. The van der Waals surface area contributed by atoms with Crippen molar-refractivity contribution in [2.24, 2.45) is 5.92 Å². The first kappa shape index (κ1) is 17.0. The van der Waals surface area contributed by atoms with Crippen molar-refractivity contribution in [3.63, 3.8) is 0 Å². The standard InChI is InChI=1S/C17H22O4/c1-12(2)13(3)8-7-11-20-17(19)15-9-5-6-10-16(15)21-14(4)18/h5-6,9-10,12H,3,7-8,11H2,1-2,4H3. The zero-order chi connectivity index (χ0) is 15.8. The Balaban J connectivity index is 2.52. The molecular weight excluding hydrogens is 268 g/mol. The summed E-state index contributed by atoms with van der Waals surface area (Å²) < 4.78 is 10.2. The van der Waals surface area contributed by atoms with Crippen LogP contribution in [0, 0.1) is 5.92 Å². The van der Waals surface area contributed by atoms with Crippen LogP contribution in [0.25, 0.3) is 0 Å². The number of hydrogen-bond donors (Lipinski definition) is 0. The maximum Gasteiger partial charge on any atom is 0.341 e. The lowest BCUT2D eigenvalue weighted by molar-refractivity contribution is -0.131. The van der Waals surface area contributed by atoms with Gasteiger partial charge < -0.3 is 9.47 Å². The van der Waals surface area contributed by atoms with Crippen LogP contribution >= 0.6 is 0 Å². The van der Waals surface area contributed by atoms with Gasteiger partial charge in [0.15, 0.2) is 0 Å². The summed E-state index contributed by atoms with van der Waals surface area (Å²) >= 11 is 0. The molecule has 0 atom stereocenters. The zero-order valence-corrected chi connectivity index (χ0v) is 12.8. The summed E-state index contributed by atoms with van der Waals surface area (Å²) in [4.78, 5) is 23.0. The number of benzene rings is 1. The van der Waals surface area contributed by atoms with Gasteiger partial charge in [-0.3, -0.25) is 4.79 Å². The molecule has 0 N–H and O–H groups in total. The Kier molecular flexibility index (Phi) is 6.66. The SMILES string of the molecule is C=C(CCCOC(=O)c1ccccc1OC(C)=O)C(C)C. The second kappa shape index (κ2) is 8.25. The van der Waals surface area contributed by atoms with Crippen LogP contribution in [0.1, 0.15) is 44.0 Å². The first-order valence-electron chi connectivity index (χ1n) is 7.04. The Hall–Kier alpha value is -2.10. The maximum absolute atomic E-state index is 12.0. The van der Waals surface area contributed by atoms with E-state index >= 15 is 0 Å². The molecule has 1 aromatic carbocycles. The van der Waals surface area contributed by atoms with E-state index in [1.54, 1.807) is 24.3 Å². The van der Waals surface area contributed by atoms with Crippen molar-refractivity contribution in [1.82, 2.24) is 0 Å². The third-order valence-electron chi connectivity index (χ3n) is 3.05. The predicted octanol–water partition coefficient (Wildman–Crippen LogP) is 3.76. The molecule has 21 heavy (non-hydrogen) atoms. The van der Waals surface area contributed by atoms with E-state index in [1.807, 2.05) is 0 Å². The first-order chi connectivity index (χ1) is 9.91. The van der Waals surface area contributed by atoms with Crippen LogP contribution < -0.4 is 4.74 Å². The first-order valence-corrected chi connectivity index (χ1v) is 7.04. The van der Waals surface area contributed by atoms with Crippen LogP contribution in [0.2, 0.25) is 0 Å². The van der Waals surface area contributed by atoms with Crippen molar-refractivity contribution in [1.29, 1.82) is 0 Å². The summed E-state index contributed by atoms with van der Waals surface area (Å²) in [5, 5.41) is 0. The summed E-state index contributed by atoms with van der Waals surface area (Å²) in [6.07, 6.45) is 1.56. The van der Waals surface area contributed by atoms with E-state index in [-0.39, 0.29) is 11.3 Å². The molecule has 0 unspecified atom stereocenters. The van der Waals surface area contributed by atoms with Crippen molar-refractivity contribution in [2.45, 2.75) is 33.6 Å². The Morgan fingerprint density at radius 1 is 1.24 bits per heavy atom. The number of para-hydroxylation sites is 1. The highest BCUT2D eigenvalue weighted by Crippen LogP contribution is 2.19. The van der Waals surface area contributed by atoms with Gasteiger partial charge >= 0.3 is 11.9 Å². The fourth-order valence-electron chi connectivity index (χ4n) is 1.71. The Bertz CT molecular complexity index is 517. The van der Waals surface area contributed by atoms with Crippen molar-refractivity contribution < 1.29 is 19.1 Å². The van der Waals surface area contributed by atoms with E-state index in [9.17, 15) is 9.59 Å². The average Bonchev–Trinajstić information content (AvgIpc) is 2.42. The molecule has 0 heterocycles. The lowest BCUT2D eigenvalue weighted by Crippen LogP contribution is -2.11. The molecule has 0 amide bonds. The second-order valence-electron chi connectivity index (χ2n) is 5.14. The van der Waals surface area contributed by atoms with Gasteiger partial charge in [-0.2, -0.15) is 0 Å². The summed E-state index contributed by atoms with van der Waals surface area (Å²) in [5.74, 6) is -0.294. The highest BCUT2D eigenvalue weighted by molar-refractivity contribution is 5.93. The predicted molar refractivity (Wildman–Crippen MR) is 81.2 cm³/mol. The number of ether oxygens (including phenoxy) is 2. The molecule has 0 bridgehead atoms. The van der Waals surface area contributed by atoms with Crippen LogP contribution in [0.3, 0.4) is 0 Å². The van der Waals surface area contributed by atoms with Gasteiger partial charge in [-0.15, -0.1) is 0 Å². The van der Waals surface area contributed by atoms with Gasteiger partial charge in [-0.1, -0.05) is 38.1 Å². The number of allylic oxidation sites excluding steroid dienone is 1. The number of carbonyl (C=O) groups excluding carboxylic acids is 2. The van der Waals surface area contributed by atoms with Crippen LogP contribution in [0.4, 0.5) is 0 Å². The number of carbonyl (C=O) groups is 2. The van der Waals surface area contributed by atoms with Gasteiger partial charge in [0.1, 0.15) is 11.3 Å². The molecule has 4 heteroatoms.